The van der Waals surface area contributed by atoms with Crippen molar-refractivity contribution in [3.05, 3.63) is 76.4 Å². The molecule has 5 rings (SSSR count). The van der Waals surface area contributed by atoms with Crippen LogP contribution in [0, 0.1) is 26.7 Å². The van der Waals surface area contributed by atoms with Crippen molar-refractivity contribution < 1.29 is 4.79 Å². The SMILES string of the molecule is Cc1ccc(-c2cc3nc(C)cc(N4CCC(C(=O)Nc5ccc(Cl)cc5C)CC4)n3n2)cc1. The molecule has 0 unspecified atom stereocenters. The van der Waals surface area contributed by atoms with Gasteiger partial charge in [-0.05, 0) is 57.4 Å². The number of aryl methyl sites for hydroxylation is 3. The van der Waals surface area contributed by atoms with Crippen LogP contribution in [0.4, 0.5) is 11.5 Å². The van der Waals surface area contributed by atoms with E-state index in [9.17, 15) is 4.79 Å². The smallest absolute Gasteiger partial charge is 0.227 e. The molecule has 2 aromatic carbocycles. The van der Waals surface area contributed by atoms with E-state index in [0.717, 1.165) is 65.6 Å². The molecule has 4 aromatic rings. The summed E-state index contributed by atoms with van der Waals surface area (Å²) in [6, 6.07) is 18.0. The van der Waals surface area contributed by atoms with Crippen molar-refractivity contribution in [2.75, 3.05) is 23.3 Å². The van der Waals surface area contributed by atoms with E-state index in [1.54, 1.807) is 6.07 Å². The van der Waals surface area contributed by atoms with E-state index in [4.69, 9.17) is 21.7 Å². The lowest BCUT2D eigenvalue weighted by Crippen LogP contribution is -2.39. The fraction of sp³-hybridized carbons (Fsp3) is 0.296. The molecule has 1 saturated heterocycles. The highest BCUT2D eigenvalue weighted by atomic mass is 35.5. The van der Waals surface area contributed by atoms with E-state index >= 15 is 0 Å². The quantitative estimate of drug-likeness (QED) is 0.405. The molecular formula is C27H28ClN5O. The standard InChI is InChI=1S/C27H28ClN5O/c1-17-4-6-20(7-5-17)24-16-25-29-19(3)15-26(33(25)31-24)32-12-10-21(11-13-32)27(34)30-23-9-8-22(28)14-18(23)2/h4-9,14-16,21H,10-13H2,1-3H3,(H,30,34). The number of nitrogens with one attached hydrogen (secondary N) is 1. The molecule has 0 bridgehead atoms. The molecule has 0 aliphatic carbocycles. The predicted octanol–water partition coefficient (Wildman–Crippen LogP) is 5.83. The summed E-state index contributed by atoms with van der Waals surface area (Å²) in [6.07, 6.45) is 1.57. The van der Waals surface area contributed by atoms with E-state index in [0.29, 0.717) is 5.02 Å². The normalized spacial score (nSPS) is 14.5. The van der Waals surface area contributed by atoms with Gasteiger partial charge in [0.1, 0.15) is 5.82 Å². The number of carbonyl (C=O) groups excluding carboxylic acids is 1. The van der Waals surface area contributed by atoms with Crippen molar-refractivity contribution in [3.63, 3.8) is 0 Å². The minimum absolute atomic E-state index is 0.0227. The zero-order chi connectivity index (χ0) is 23.8. The van der Waals surface area contributed by atoms with Crippen molar-refractivity contribution in [2.45, 2.75) is 33.6 Å². The van der Waals surface area contributed by atoms with Crippen LogP contribution in [-0.2, 0) is 4.79 Å². The second-order valence-electron chi connectivity index (χ2n) is 9.13. The summed E-state index contributed by atoms with van der Waals surface area (Å²) in [5, 5.41) is 8.63. The van der Waals surface area contributed by atoms with Gasteiger partial charge in [-0.1, -0.05) is 41.4 Å². The van der Waals surface area contributed by atoms with Gasteiger partial charge < -0.3 is 10.2 Å². The van der Waals surface area contributed by atoms with Crippen molar-refractivity contribution in [1.29, 1.82) is 0 Å². The Bertz CT molecular complexity index is 1350. The molecule has 0 spiro atoms. The van der Waals surface area contributed by atoms with Gasteiger partial charge in [0.15, 0.2) is 5.65 Å². The molecule has 3 heterocycles. The fourth-order valence-corrected chi connectivity index (χ4v) is 4.77. The van der Waals surface area contributed by atoms with E-state index in [2.05, 4.69) is 47.5 Å². The molecule has 0 atom stereocenters. The Kier molecular flexibility index (Phi) is 6.00. The zero-order valence-corrected chi connectivity index (χ0v) is 20.4. The number of amides is 1. The van der Waals surface area contributed by atoms with Crippen molar-refractivity contribution in [3.8, 4) is 11.3 Å². The summed E-state index contributed by atoms with van der Waals surface area (Å²) < 4.78 is 1.93. The Labute approximate surface area is 204 Å². The van der Waals surface area contributed by atoms with Crippen LogP contribution in [0.5, 0.6) is 0 Å². The van der Waals surface area contributed by atoms with E-state index < -0.39 is 0 Å². The van der Waals surface area contributed by atoms with Gasteiger partial charge in [0.05, 0.1) is 5.69 Å². The van der Waals surface area contributed by atoms with Crippen LogP contribution < -0.4 is 10.2 Å². The van der Waals surface area contributed by atoms with Gasteiger partial charge in [0.25, 0.3) is 0 Å². The maximum atomic E-state index is 12.9. The third-order valence-corrected chi connectivity index (χ3v) is 6.75. The minimum Gasteiger partial charge on any atom is -0.356 e. The first-order chi connectivity index (χ1) is 16.4. The number of fused-ring (bicyclic) bond motifs is 1. The third kappa shape index (κ3) is 4.50. The summed E-state index contributed by atoms with van der Waals surface area (Å²) in [5.74, 6) is 1.07. The lowest BCUT2D eigenvalue weighted by molar-refractivity contribution is -0.120. The van der Waals surface area contributed by atoms with Crippen LogP contribution in [0.3, 0.4) is 0 Å². The maximum absolute atomic E-state index is 12.9. The number of aromatic nitrogens is 3. The number of hydrogen-bond acceptors (Lipinski definition) is 4. The Morgan fingerprint density at radius 3 is 2.44 bits per heavy atom. The van der Waals surface area contributed by atoms with Crippen LogP contribution in [-0.4, -0.2) is 33.6 Å². The van der Waals surface area contributed by atoms with E-state index in [1.807, 2.05) is 36.6 Å². The third-order valence-electron chi connectivity index (χ3n) is 6.52. The number of carbonyl (C=O) groups is 1. The number of piperidine rings is 1. The van der Waals surface area contributed by atoms with Gasteiger partial charge in [-0.25, -0.2) is 4.98 Å². The molecular weight excluding hydrogens is 446 g/mol. The van der Waals surface area contributed by atoms with Crippen LogP contribution in [0.25, 0.3) is 16.9 Å². The lowest BCUT2D eigenvalue weighted by atomic mass is 9.95. The Morgan fingerprint density at radius 1 is 1.00 bits per heavy atom. The number of anilines is 2. The molecule has 1 amide bonds. The van der Waals surface area contributed by atoms with Gasteiger partial charge in [0, 0.05) is 53.1 Å². The lowest BCUT2D eigenvalue weighted by Gasteiger charge is -2.33. The first kappa shape index (κ1) is 22.4. The second kappa shape index (κ2) is 9.11. The summed E-state index contributed by atoms with van der Waals surface area (Å²) in [5.41, 5.74) is 6.79. The number of nitrogens with zero attached hydrogens (tertiary/aromatic N) is 4. The number of benzene rings is 2. The maximum Gasteiger partial charge on any atom is 0.227 e. The average molecular weight is 474 g/mol. The minimum atomic E-state index is -0.0227. The average Bonchev–Trinajstić information content (AvgIpc) is 3.25. The number of rotatable bonds is 4. The van der Waals surface area contributed by atoms with Crippen molar-refractivity contribution in [1.82, 2.24) is 14.6 Å². The Morgan fingerprint density at radius 2 is 1.74 bits per heavy atom. The highest BCUT2D eigenvalue weighted by molar-refractivity contribution is 6.30. The Hall–Kier alpha value is -3.38. The van der Waals surface area contributed by atoms with Gasteiger partial charge >= 0.3 is 0 Å². The molecule has 0 radical (unpaired) electrons. The molecule has 1 N–H and O–H groups in total. The molecule has 1 fully saturated rings. The van der Waals surface area contributed by atoms with E-state index in [1.165, 1.54) is 5.56 Å². The highest BCUT2D eigenvalue weighted by Crippen LogP contribution is 2.28. The molecule has 34 heavy (non-hydrogen) atoms. The van der Waals surface area contributed by atoms with Crippen LogP contribution in [0.1, 0.15) is 29.7 Å². The highest BCUT2D eigenvalue weighted by Gasteiger charge is 2.27. The van der Waals surface area contributed by atoms with Crippen LogP contribution >= 0.6 is 11.6 Å². The van der Waals surface area contributed by atoms with Gasteiger partial charge in [-0.15, -0.1) is 0 Å². The molecule has 6 nitrogen and oxygen atoms in total. The molecule has 7 heteroatoms. The zero-order valence-electron chi connectivity index (χ0n) is 19.7. The summed E-state index contributed by atoms with van der Waals surface area (Å²) in [6.45, 7) is 7.62. The van der Waals surface area contributed by atoms with E-state index in [-0.39, 0.29) is 11.8 Å². The van der Waals surface area contributed by atoms with Crippen LogP contribution in [0.15, 0.2) is 54.6 Å². The number of halogens is 1. The summed E-state index contributed by atoms with van der Waals surface area (Å²) in [4.78, 5) is 19.9. The molecule has 2 aromatic heterocycles. The monoisotopic (exact) mass is 473 g/mol. The summed E-state index contributed by atoms with van der Waals surface area (Å²) >= 11 is 6.04. The second-order valence-corrected chi connectivity index (χ2v) is 9.57. The number of hydrogen-bond donors (Lipinski definition) is 1. The van der Waals surface area contributed by atoms with Gasteiger partial charge in [-0.3, -0.25) is 4.79 Å². The molecule has 1 aliphatic rings. The largest absolute Gasteiger partial charge is 0.356 e. The first-order valence-electron chi connectivity index (χ1n) is 11.6. The van der Waals surface area contributed by atoms with Crippen LogP contribution in [0.2, 0.25) is 5.02 Å². The van der Waals surface area contributed by atoms with Gasteiger partial charge in [0.2, 0.25) is 5.91 Å². The summed E-state index contributed by atoms with van der Waals surface area (Å²) in [7, 11) is 0. The molecule has 1 aliphatic heterocycles. The first-order valence-corrected chi connectivity index (χ1v) is 12.0. The molecule has 0 saturated carbocycles. The Balaban J connectivity index is 1.33. The molecule has 174 valence electrons. The van der Waals surface area contributed by atoms with Crippen molar-refractivity contribution in [2.24, 2.45) is 5.92 Å². The van der Waals surface area contributed by atoms with Gasteiger partial charge in [-0.2, -0.15) is 9.61 Å². The predicted molar refractivity (Wildman–Crippen MR) is 138 cm³/mol. The topological polar surface area (TPSA) is 62.5 Å². The fourth-order valence-electron chi connectivity index (χ4n) is 4.54. The van der Waals surface area contributed by atoms with Crippen molar-refractivity contribution >= 4 is 34.7 Å².